The zero-order valence-corrected chi connectivity index (χ0v) is 8.10. The summed E-state index contributed by atoms with van der Waals surface area (Å²) < 4.78 is 5.43. The van der Waals surface area contributed by atoms with E-state index in [9.17, 15) is 0 Å². The van der Waals surface area contributed by atoms with Crippen LogP contribution in [0, 0.1) is 5.92 Å². The van der Waals surface area contributed by atoms with Crippen molar-refractivity contribution in [3.63, 3.8) is 0 Å². The van der Waals surface area contributed by atoms with Gasteiger partial charge in [-0.25, -0.2) is 0 Å². The summed E-state index contributed by atoms with van der Waals surface area (Å²) in [6.07, 6.45) is 2.96. The molecule has 1 aliphatic heterocycles. The molecule has 0 aromatic carbocycles. The molecule has 0 radical (unpaired) electrons. The van der Waals surface area contributed by atoms with Crippen molar-refractivity contribution in [3.05, 3.63) is 0 Å². The Kier molecular flexibility index (Phi) is 4.58. The summed E-state index contributed by atoms with van der Waals surface area (Å²) >= 11 is 0. The van der Waals surface area contributed by atoms with Crippen LogP contribution < -0.4 is 10.6 Å². The van der Waals surface area contributed by atoms with Crippen molar-refractivity contribution in [1.82, 2.24) is 10.6 Å². The normalized spacial score (nSPS) is 27.0. The molecule has 1 saturated heterocycles. The zero-order valence-electron chi connectivity index (χ0n) is 8.10. The van der Waals surface area contributed by atoms with Gasteiger partial charge in [0.15, 0.2) is 0 Å². The summed E-state index contributed by atoms with van der Waals surface area (Å²) in [7, 11) is 3.78. The number of nitrogens with one attached hydrogen (secondary N) is 2. The lowest BCUT2D eigenvalue weighted by Crippen LogP contribution is -2.41. The van der Waals surface area contributed by atoms with Crippen LogP contribution in [0.5, 0.6) is 0 Å². The van der Waals surface area contributed by atoms with Crippen LogP contribution in [-0.2, 0) is 4.74 Å². The van der Waals surface area contributed by atoms with Crippen molar-refractivity contribution in [1.29, 1.82) is 0 Å². The smallest absolute Gasteiger partial charge is 0.0735 e. The van der Waals surface area contributed by atoms with Crippen LogP contribution in [0.3, 0.4) is 0 Å². The highest BCUT2D eigenvalue weighted by Crippen LogP contribution is 2.15. The Bertz CT molecular complexity index is 110. The first kappa shape index (κ1) is 9.96. The van der Waals surface area contributed by atoms with E-state index in [2.05, 4.69) is 10.6 Å². The second kappa shape index (κ2) is 5.51. The van der Waals surface area contributed by atoms with Crippen molar-refractivity contribution < 1.29 is 4.74 Å². The van der Waals surface area contributed by atoms with Gasteiger partial charge < -0.3 is 15.4 Å². The Morgan fingerprint density at radius 1 is 1.67 bits per heavy atom. The highest BCUT2D eigenvalue weighted by molar-refractivity contribution is 4.77. The monoisotopic (exact) mass is 172 g/mol. The van der Waals surface area contributed by atoms with E-state index in [4.69, 9.17) is 4.74 Å². The second-order valence-corrected chi connectivity index (χ2v) is 3.44. The minimum absolute atomic E-state index is 0.378. The van der Waals surface area contributed by atoms with Gasteiger partial charge in [-0.05, 0) is 32.4 Å². The first-order valence-electron chi connectivity index (χ1n) is 4.76. The van der Waals surface area contributed by atoms with Crippen LogP contribution in [0.15, 0.2) is 0 Å². The molecule has 1 heterocycles. The Morgan fingerprint density at radius 2 is 2.50 bits per heavy atom. The molecule has 0 aromatic heterocycles. The summed E-state index contributed by atoms with van der Waals surface area (Å²) in [4.78, 5) is 0. The predicted octanol–water partition coefficient (Wildman–Crippen LogP) is 0.220. The van der Waals surface area contributed by atoms with Crippen LogP contribution in [0.4, 0.5) is 0 Å². The van der Waals surface area contributed by atoms with E-state index in [1.807, 2.05) is 7.05 Å². The quantitative estimate of drug-likeness (QED) is 0.636. The molecule has 0 amide bonds. The first-order valence-corrected chi connectivity index (χ1v) is 4.76. The second-order valence-electron chi connectivity index (χ2n) is 3.44. The van der Waals surface area contributed by atoms with Gasteiger partial charge in [0.1, 0.15) is 0 Å². The van der Waals surface area contributed by atoms with Crippen LogP contribution in [0.1, 0.15) is 12.8 Å². The SMILES string of the molecule is CNCC(OC)C1CCCNC1. The van der Waals surface area contributed by atoms with Gasteiger partial charge in [-0.3, -0.25) is 0 Å². The van der Waals surface area contributed by atoms with Crippen LogP contribution >= 0.6 is 0 Å². The summed E-state index contributed by atoms with van der Waals surface area (Å²) in [5.74, 6) is 0.691. The molecule has 0 saturated carbocycles. The molecule has 0 aromatic rings. The highest BCUT2D eigenvalue weighted by Gasteiger charge is 2.22. The average molecular weight is 172 g/mol. The van der Waals surface area contributed by atoms with E-state index >= 15 is 0 Å². The number of likely N-dealkylation sites (N-methyl/N-ethyl adjacent to an activating group) is 1. The maximum Gasteiger partial charge on any atom is 0.0735 e. The number of ether oxygens (including phenoxy) is 1. The zero-order chi connectivity index (χ0) is 8.81. The van der Waals surface area contributed by atoms with Gasteiger partial charge >= 0.3 is 0 Å². The van der Waals surface area contributed by atoms with Crippen molar-refractivity contribution in [2.24, 2.45) is 5.92 Å². The minimum Gasteiger partial charge on any atom is -0.380 e. The van der Waals surface area contributed by atoms with E-state index in [1.54, 1.807) is 7.11 Å². The Hall–Kier alpha value is -0.120. The van der Waals surface area contributed by atoms with E-state index in [0.717, 1.165) is 13.1 Å². The largest absolute Gasteiger partial charge is 0.380 e. The lowest BCUT2D eigenvalue weighted by atomic mass is 9.93. The molecular weight excluding hydrogens is 152 g/mol. The molecule has 2 unspecified atom stereocenters. The van der Waals surface area contributed by atoms with E-state index in [0.29, 0.717) is 12.0 Å². The molecule has 2 N–H and O–H groups in total. The summed E-state index contributed by atoms with van der Waals surface area (Å²) in [5.41, 5.74) is 0. The molecule has 1 aliphatic rings. The molecule has 2 atom stereocenters. The fraction of sp³-hybridized carbons (Fsp3) is 1.00. The van der Waals surface area contributed by atoms with E-state index < -0.39 is 0 Å². The fourth-order valence-corrected chi connectivity index (χ4v) is 1.84. The summed E-state index contributed by atoms with van der Waals surface area (Å²) in [6, 6.07) is 0. The molecule has 3 nitrogen and oxygen atoms in total. The Labute approximate surface area is 74.9 Å². The molecule has 72 valence electrons. The van der Waals surface area contributed by atoms with Crippen molar-refractivity contribution in [2.45, 2.75) is 18.9 Å². The number of hydrogen-bond donors (Lipinski definition) is 2. The van der Waals surface area contributed by atoms with Crippen LogP contribution in [0.25, 0.3) is 0 Å². The Balaban J connectivity index is 2.29. The Morgan fingerprint density at radius 3 is 3.00 bits per heavy atom. The highest BCUT2D eigenvalue weighted by atomic mass is 16.5. The van der Waals surface area contributed by atoms with Crippen molar-refractivity contribution in [2.75, 3.05) is 33.8 Å². The van der Waals surface area contributed by atoms with Crippen LogP contribution in [-0.4, -0.2) is 39.9 Å². The lowest BCUT2D eigenvalue weighted by molar-refractivity contribution is 0.0435. The molecule has 0 aliphatic carbocycles. The van der Waals surface area contributed by atoms with Crippen molar-refractivity contribution >= 4 is 0 Å². The predicted molar refractivity (Wildman–Crippen MR) is 50.3 cm³/mol. The third kappa shape index (κ3) is 2.73. The number of rotatable bonds is 4. The third-order valence-corrected chi connectivity index (χ3v) is 2.57. The third-order valence-electron chi connectivity index (χ3n) is 2.57. The topological polar surface area (TPSA) is 33.3 Å². The average Bonchev–Trinajstić information content (AvgIpc) is 2.15. The lowest BCUT2D eigenvalue weighted by Gasteiger charge is -2.29. The van der Waals surface area contributed by atoms with Gasteiger partial charge in [-0.15, -0.1) is 0 Å². The first-order chi connectivity index (χ1) is 5.88. The number of methoxy groups -OCH3 is 1. The molecule has 3 heteroatoms. The maximum atomic E-state index is 5.43. The molecule has 0 spiro atoms. The van der Waals surface area contributed by atoms with E-state index in [-0.39, 0.29) is 0 Å². The van der Waals surface area contributed by atoms with Gasteiger partial charge in [0.2, 0.25) is 0 Å². The molecule has 1 fully saturated rings. The van der Waals surface area contributed by atoms with Gasteiger partial charge in [0.25, 0.3) is 0 Å². The molecule has 0 bridgehead atoms. The molecule has 12 heavy (non-hydrogen) atoms. The van der Waals surface area contributed by atoms with E-state index in [1.165, 1.54) is 19.4 Å². The fourth-order valence-electron chi connectivity index (χ4n) is 1.84. The van der Waals surface area contributed by atoms with Crippen LogP contribution in [0.2, 0.25) is 0 Å². The summed E-state index contributed by atoms with van der Waals surface area (Å²) in [6.45, 7) is 3.25. The van der Waals surface area contributed by atoms with Gasteiger partial charge in [-0.2, -0.15) is 0 Å². The van der Waals surface area contributed by atoms with Gasteiger partial charge in [-0.1, -0.05) is 0 Å². The molecular formula is C9H20N2O. The molecule has 1 rings (SSSR count). The van der Waals surface area contributed by atoms with Gasteiger partial charge in [0.05, 0.1) is 6.10 Å². The van der Waals surface area contributed by atoms with Gasteiger partial charge in [0, 0.05) is 20.2 Å². The number of hydrogen-bond acceptors (Lipinski definition) is 3. The minimum atomic E-state index is 0.378. The van der Waals surface area contributed by atoms with Crippen molar-refractivity contribution in [3.8, 4) is 0 Å². The summed E-state index contributed by atoms with van der Waals surface area (Å²) in [5, 5.41) is 6.56. The standard InChI is InChI=1S/C9H20N2O/c1-10-7-9(12-2)8-4-3-5-11-6-8/h8-11H,3-7H2,1-2H3. The maximum absolute atomic E-state index is 5.43. The number of piperidine rings is 1.